The molecule has 0 saturated heterocycles. The van der Waals surface area contributed by atoms with Crippen molar-refractivity contribution in [1.82, 2.24) is 10.2 Å². The molecule has 1 aromatic rings. The van der Waals surface area contributed by atoms with Crippen LogP contribution < -0.4 is 5.32 Å². The van der Waals surface area contributed by atoms with Crippen molar-refractivity contribution < 1.29 is 9.84 Å². The highest BCUT2D eigenvalue weighted by molar-refractivity contribution is 6.30. The second-order valence-electron chi connectivity index (χ2n) is 4.68. The van der Waals surface area contributed by atoms with E-state index in [0.717, 1.165) is 11.1 Å². The number of nitrogens with one attached hydrogen (secondary N) is 1. The molecule has 0 radical (unpaired) electrons. The number of ether oxygens (including phenoxy) is 1. The lowest BCUT2D eigenvalue weighted by Crippen LogP contribution is -2.35. The van der Waals surface area contributed by atoms with Crippen molar-refractivity contribution in [3.05, 3.63) is 16.3 Å². The van der Waals surface area contributed by atoms with Crippen LogP contribution in [0.4, 0.5) is 5.82 Å². The summed E-state index contributed by atoms with van der Waals surface area (Å²) in [6.07, 6.45) is 0.551. The van der Waals surface area contributed by atoms with Crippen LogP contribution >= 0.6 is 11.6 Å². The van der Waals surface area contributed by atoms with Gasteiger partial charge >= 0.3 is 0 Å². The van der Waals surface area contributed by atoms with Crippen molar-refractivity contribution in [3.63, 3.8) is 0 Å². The van der Waals surface area contributed by atoms with Gasteiger partial charge in [-0.15, -0.1) is 10.2 Å². The van der Waals surface area contributed by atoms with E-state index in [1.807, 2.05) is 13.8 Å². The zero-order valence-corrected chi connectivity index (χ0v) is 12.0. The average Bonchev–Trinajstić information content (AvgIpc) is 2.33. The van der Waals surface area contributed by atoms with Crippen LogP contribution in [0.15, 0.2) is 0 Å². The fourth-order valence-corrected chi connectivity index (χ4v) is 1.61. The Kier molecular flexibility index (Phi) is 5.31. The van der Waals surface area contributed by atoms with Crippen molar-refractivity contribution >= 4 is 17.4 Å². The fourth-order valence-electron chi connectivity index (χ4n) is 1.43. The van der Waals surface area contributed by atoms with E-state index >= 15 is 0 Å². The Morgan fingerprint density at radius 2 is 2.00 bits per heavy atom. The molecule has 0 aliphatic rings. The maximum Gasteiger partial charge on any atom is 0.155 e. The Hall–Kier alpha value is -0.910. The molecule has 1 unspecified atom stereocenters. The lowest BCUT2D eigenvalue weighted by atomic mass is 10.0. The van der Waals surface area contributed by atoms with E-state index in [1.165, 1.54) is 0 Å². The molecule has 0 spiro atoms. The van der Waals surface area contributed by atoms with E-state index in [0.29, 0.717) is 30.5 Å². The second-order valence-corrected chi connectivity index (χ2v) is 5.04. The molecule has 18 heavy (non-hydrogen) atoms. The van der Waals surface area contributed by atoms with E-state index in [2.05, 4.69) is 15.5 Å². The molecule has 0 aromatic carbocycles. The number of aliphatic hydroxyl groups is 1. The summed E-state index contributed by atoms with van der Waals surface area (Å²) in [5, 5.41) is 21.4. The van der Waals surface area contributed by atoms with E-state index in [-0.39, 0.29) is 0 Å². The second kappa shape index (κ2) is 6.31. The van der Waals surface area contributed by atoms with Gasteiger partial charge in [0.2, 0.25) is 0 Å². The molecular formula is C12H20ClN3O2. The van der Waals surface area contributed by atoms with Crippen molar-refractivity contribution in [3.8, 4) is 0 Å². The first-order valence-corrected chi connectivity index (χ1v) is 6.20. The van der Waals surface area contributed by atoms with Gasteiger partial charge in [-0.05, 0) is 31.9 Å². The third-order valence-electron chi connectivity index (χ3n) is 2.95. The SMILES string of the molecule is COCCC(C)(O)CNc1nnc(Cl)c(C)c1C. The Bertz CT molecular complexity index is 411. The fraction of sp³-hybridized carbons (Fsp3) is 0.667. The van der Waals surface area contributed by atoms with Gasteiger partial charge in [-0.1, -0.05) is 11.6 Å². The normalized spacial score (nSPS) is 14.3. The summed E-state index contributed by atoms with van der Waals surface area (Å²) in [7, 11) is 1.61. The van der Waals surface area contributed by atoms with E-state index < -0.39 is 5.60 Å². The van der Waals surface area contributed by atoms with Crippen LogP contribution in [-0.2, 0) is 4.74 Å². The molecule has 1 rings (SSSR count). The Balaban J connectivity index is 2.66. The van der Waals surface area contributed by atoms with Gasteiger partial charge in [-0.2, -0.15) is 0 Å². The Morgan fingerprint density at radius 3 is 2.61 bits per heavy atom. The smallest absolute Gasteiger partial charge is 0.155 e. The van der Waals surface area contributed by atoms with Crippen molar-refractivity contribution in [2.75, 3.05) is 25.6 Å². The molecule has 5 nitrogen and oxygen atoms in total. The Morgan fingerprint density at radius 1 is 1.33 bits per heavy atom. The maximum absolute atomic E-state index is 10.1. The van der Waals surface area contributed by atoms with E-state index in [1.54, 1.807) is 14.0 Å². The highest BCUT2D eigenvalue weighted by atomic mass is 35.5. The van der Waals surface area contributed by atoms with Gasteiger partial charge < -0.3 is 15.2 Å². The number of aromatic nitrogens is 2. The molecule has 0 aliphatic heterocycles. The number of hydrogen-bond donors (Lipinski definition) is 2. The van der Waals surface area contributed by atoms with Crippen molar-refractivity contribution in [1.29, 1.82) is 0 Å². The molecule has 6 heteroatoms. The minimum Gasteiger partial charge on any atom is -0.388 e. The lowest BCUT2D eigenvalue weighted by Gasteiger charge is -2.24. The number of anilines is 1. The van der Waals surface area contributed by atoms with Crippen LogP contribution in [0, 0.1) is 13.8 Å². The van der Waals surface area contributed by atoms with Crippen LogP contribution in [0.1, 0.15) is 24.5 Å². The molecule has 0 saturated carbocycles. The first kappa shape index (κ1) is 15.1. The molecule has 1 aromatic heterocycles. The van der Waals surface area contributed by atoms with Crippen LogP contribution in [0.25, 0.3) is 0 Å². The molecule has 0 aliphatic carbocycles. The number of halogens is 1. The van der Waals surface area contributed by atoms with Crippen molar-refractivity contribution in [2.24, 2.45) is 0 Å². The predicted octanol–water partition coefficient (Wildman–Crippen LogP) is 1.95. The highest BCUT2D eigenvalue weighted by Gasteiger charge is 2.20. The predicted molar refractivity (Wildman–Crippen MR) is 72.1 cm³/mol. The van der Waals surface area contributed by atoms with E-state index in [9.17, 15) is 5.11 Å². The summed E-state index contributed by atoms with van der Waals surface area (Å²) in [6.45, 7) is 6.46. The number of methoxy groups -OCH3 is 1. The largest absolute Gasteiger partial charge is 0.388 e. The summed E-state index contributed by atoms with van der Waals surface area (Å²) in [5.74, 6) is 0.648. The molecule has 2 N–H and O–H groups in total. The topological polar surface area (TPSA) is 67.3 Å². The van der Waals surface area contributed by atoms with Crippen LogP contribution in [0.5, 0.6) is 0 Å². The first-order valence-electron chi connectivity index (χ1n) is 5.82. The molecule has 0 amide bonds. The lowest BCUT2D eigenvalue weighted by molar-refractivity contribution is 0.0357. The van der Waals surface area contributed by atoms with Gasteiger partial charge in [-0.3, -0.25) is 0 Å². The summed E-state index contributed by atoms with van der Waals surface area (Å²) in [4.78, 5) is 0. The first-order chi connectivity index (χ1) is 8.37. The summed E-state index contributed by atoms with van der Waals surface area (Å²) < 4.78 is 4.96. The molecule has 1 heterocycles. The summed E-state index contributed by atoms with van der Waals surface area (Å²) >= 11 is 5.88. The number of nitrogens with zero attached hydrogens (tertiary/aromatic N) is 2. The molecule has 0 bridgehead atoms. The monoisotopic (exact) mass is 273 g/mol. The summed E-state index contributed by atoms with van der Waals surface area (Å²) in [5.41, 5.74) is 0.987. The minimum absolute atomic E-state index is 0.382. The van der Waals surface area contributed by atoms with Gasteiger partial charge in [0, 0.05) is 26.7 Å². The third kappa shape index (κ3) is 4.08. The van der Waals surface area contributed by atoms with E-state index in [4.69, 9.17) is 16.3 Å². The highest BCUT2D eigenvalue weighted by Crippen LogP contribution is 2.21. The van der Waals surface area contributed by atoms with Gasteiger partial charge in [0.1, 0.15) is 0 Å². The standard InChI is InChI=1S/C12H20ClN3O2/c1-8-9(2)11(16-15-10(8)13)14-7-12(3,17)5-6-18-4/h17H,5-7H2,1-4H3,(H,14,16). The van der Waals surface area contributed by atoms with Crippen LogP contribution in [0.3, 0.4) is 0 Å². The molecule has 102 valence electrons. The number of hydrogen-bond acceptors (Lipinski definition) is 5. The van der Waals surface area contributed by atoms with Crippen molar-refractivity contribution in [2.45, 2.75) is 32.8 Å². The quantitative estimate of drug-likeness (QED) is 0.829. The Labute approximate surface area is 113 Å². The van der Waals surface area contributed by atoms with Gasteiger partial charge in [0.15, 0.2) is 11.0 Å². The van der Waals surface area contributed by atoms with Gasteiger partial charge in [0.05, 0.1) is 5.60 Å². The average molecular weight is 274 g/mol. The molecule has 0 fully saturated rings. The number of rotatable bonds is 6. The molecular weight excluding hydrogens is 254 g/mol. The zero-order chi connectivity index (χ0) is 13.8. The van der Waals surface area contributed by atoms with Crippen LogP contribution in [0.2, 0.25) is 5.15 Å². The van der Waals surface area contributed by atoms with Crippen LogP contribution in [-0.4, -0.2) is 41.2 Å². The zero-order valence-electron chi connectivity index (χ0n) is 11.2. The van der Waals surface area contributed by atoms with Gasteiger partial charge in [-0.25, -0.2) is 0 Å². The van der Waals surface area contributed by atoms with Gasteiger partial charge in [0.25, 0.3) is 0 Å². The minimum atomic E-state index is -0.850. The maximum atomic E-state index is 10.1. The molecule has 1 atom stereocenters. The third-order valence-corrected chi connectivity index (χ3v) is 3.31. The summed E-state index contributed by atoms with van der Waals surface area (Å²) in [6, 6.07) is 0.